The summed E-state index contributed by atoms with van der Waals surface area (Å²) < 4.78 is 44.7. The average molecular weight is 354 g/mol. The maximum absolute atomic E-state index is 13.1. The smallest absolute Gasteiger partial charge is 0.240 e. The minimum atomic E-state index is -3.66. The third-order valence-electron chi connectivity index (χ3n) is 2.42. The van der Waals surface area contributed by atoms with E-state index >= 15 is 0 Å². The lowest BCUT2D eigenvalue weighted by molar-refractivity contribution is 0.149. The van der Waals surface area contributed by atoms with Crippen LogP contribution in [0, 0.1) is 12.7 Å². The van der Waals surface area contributed by atoms with Crippen LogP contribution in [0.2, 0.25) is 0 Å². The second kappa shape index (κ2) is 7.94. The molecular formula is C12H17BrFNO3S. The molecular weight excluding hydrogens is 337 g/mol. The molecule has 0 radical (unpaired) electrons. The lowest BCUT2D eigenvalue weighted by Crippen LogP contribution is -2.26. The van der Waals surface area contributed by atoms with Crippen LogP contribution in [0.4, 0.5) is 4.39 Å². The van der Waals surface area contributed by atoms with Crippen LogP contribution in [-0.4, -0.2) is 33.5 Å². The van der Waals surface area contributed by atoms with Crippen LogP contribution in [0.3, 0.4) is 0 Å². The molecule has 0 aromatic heterocycles. The number of aryl methyl sites for hydroxylation is 1. The SMILES string of the molecule is Cc1ccc(F)cc1S(=O)(=O)NCCCOCCBr. The highest BCUT2D eigenvalue weighted by molar-refractivity contribution is 9.09. The topological polar surface area (TPSA) is 55.4 Å². The second-order valence-electron chi connectivity index (χ2n) is 3.96. The summed E-state index contributed by atoms with van der Waals surface area (Å²) >= 11 is 3.22. The molecule has 7 heteroatoms. The molecule has 4 nitrogen and oxygen atoms in total. The van der Waals surface area contributed by atoms with Crippen molar-refractivity contribution in [2.45, 2.75) is 18.2 Å². The Hall–Kier alpha value is -0.500. The Balaban J connectivity index is 2.54. The molecule has 108 valence electrons. The molecule has 19 heavy (non-hydrogen) atoms. The summed E-state index contributed by atoms with van der Waals surface area (Å²) in [6.07, 6.45) is 0.570. The molecule has 0 aliphatic rings. The minimum Gasteiger partial charge on any atom is -0.381 e. The summed E-state index contributed by atoms with van der Waals surface area (Å²) in [6, 6.07) is 3.71. The summed E-state index contributed by atoms with van der Waals surface area (Å²) in [7, 11) is -3.66. The quantitative estimate of drug-likeness (QED) is 0.575. The monoisotopic (exact) mass is 353 g/mol. The van der Waals surface area contributed by atoms with E-state index in [-0.39, 0.29) is 11.4 Å². The van der Waals surface area contributed by atoms with Crippen molar-refractivity contribution in [2.24, 2.45) is 0 Å². The highest BCUT2D eigenvalue weighted by atomic mass is 79.9. The molecule has 0 aliphatic carbocycles. The number of hydrogen-bond donors (Lipinski definition) is 1. The Morgan fingerprint density at radius 1 is 1.37 bits per heavy atom. The van der Waals surface area contributed by atoms with Crippen molar-refractivity contribution in [3.05, 3.63) is 29.6 Å². The van der Waals surface area contributed by atoms with E-state index in [4.69, 9.17) is 4.74 Å². The van der Waals surface area contributed by atoms with E-state index in [0.717, 1.165) is 11.4 Å². The molecule has 0 saturated heterocycles. The first-order valence-corrected chi connectivity index (χ1v) is 8.47. The molecule has 0 spiro atoms. The van der Waals surface area contributed by atoms with E-state index < -0.39 is 15.8 Å². The zero-order chi connectivity index (χ0) is 14.3. The molecule has 0 aliphatic heterocycles. The minimum absolute atomic E-state index is 0.0196. The highest BCUT2D eigenvalue weighted by Gasteiger charge is 2.16. The van der Waals surface area contributed by atoms with Crippen LogP contribution in [0.1, 0.15) is 12.0 Å². The van der Waals surface area contributed by atoms with Gasteiger partial charge in [0, 0.05) is 18.5 Å². The fourth-order valence-corrected chi connectivity index (χ4v) is 3.04. The van der Waals surface area contributed by atoms with Gasteiger partial charge in [0.25, 0.3) is 0 Å². The fraction of sp³-hybridized carbons (Fsp3) is 0.500. The maximum Gasteiger partial charge on any atom is 0.240 e. The van der Waals surface area contributed by atoms with Gasteiger partial charge in [0.15, 0.2) is 0 Å². The first-order chi connectivity index (χ1) is 8.97. The van der Waals surface area contributed by atoms with Gasteiger partial charge in [0.05, 0.1) is 11.5 Å². The van der Waals surface area contributed by atoms with Crippen molar-refractivity contribution in [3.8, 4) is 0 Å². The lowest BCUT2D eigenvalue weighted by Gasteiger charge is -2.09. The van der Waals surface area contributed by atoms with Gasteiger partial charge in [0.2, 0.25) is 10.0 Å². The van der Waals surface area contributed by atoms with Crippen LogP contribution in [0.5, 0.6) is 0 Å². The molecule has 0 amide bonds. The van der Waals surface area contributed by atoms with Crippen molar-refractivity contribution in [2.75, 3.05) is 25.1 Å². The number of rotatable bonds is 8. The second-order valence-corrected chi connectivity index (χ2v) is 6.49. The molecule has 0 fully saturated rings. The predicted molar refractivity (Wildman–Crippen MR) is 75.6 cm³/mol. The summed E-state index contributed by atoms with van der Waals surface area (Å²) in [5.74, 6) is -0.563. The Bertz CT molecular complexity index is 508. The normalized spacial score (nSPS) is 11.7. The summed E-state index contributed by atoms with van der Waals surface area (Å²) in [4.78, 5) is -0.0196. The first-order valence-electron chi connectivity index (χ1n) is 5.87. The van der Waals surface area contributed by atoms with Gasteiger partial charge in [-0.05, 0) is 31.0 Å². The number of hydrogen-bond acceptors (Lipinski definition) is 3. The number of benzene rings is 1. The molecule has 0 atom stereocenters. The number of halogens is 2. The number of ether oxygens (including phenoxy) is 1. The van der Waals surface area contributed by atoms with Crippen LogP contribution >= 0.6 is 15.9 Å². The average Bonchev–Trinajstić information content (AvgIpc) is 2.36. The van der Waals surface area contributed by atoms with Gasteiger partial charge in [-0.3, -0.25) is 0 Å². The lowest BCUT2D eigenvalue weighted by atomic mass is 10.2. The zero-order valence-electron chi connectivity index (χ0n) is 10.7. The molecule has 0 unspecified atom stereocenters. The van der Waals surface area contributed by atoms with Crippen molar-refractivity contribution < 1.29 is 17.5 Å². The highest BCUT2D eigenvalue weighted by Crippen LogP contribution is 2.15. The third kappa shape index (κ3) is 5.56. The standard InChI is InChI=1S/C12H17BrFNO3S/c1-10-3-4-11(14)9-12(10)19(16,17)15-6-2-7-18-8-5-13/h3-4,9,15H,2,5-8H2,1H3. The van der Waals surface area contributed by atoms with Crippen molar-refractivity contribution in [1.29, 1.82) is 0 Å². The Labute approximate surface area is 121 Å². The number of sulfonamides is 1. The maximum atomic E-state index is 13.1. The predicted octanol–water partition coefficient (Wildman–Crippen LogP) is 2.21. The Kier molecular flexibility index (Phi) is 6.92. The molecule has 1 aromatic rings. The van der Waals surface area contributed by atoms with E-state index in [0.29, 0.717) is 25.2 Å². The molecule has 0 saturated carbocycles. The first kappa shape index (κ1) is 16.6. The van der Waals surface area contributed by atoms with E-state index in [9.17, 15) is 12.8 Å². The largest absolute Gasteiger partial charge is 0.381 e. The number of nitrogens with one attached hydrogen (secondary N) is 1. The van der Waals surface area contributed by atoms with Gasteiger partial charge in [-0.2, -0.15) is 0 Å². The van der Waals surface area contributed by atoms with Crippen molar-refractivity contribution in [3.63, 3.8) is 0 Å². The number of alkyl halides is 1. The van der Waals surface area contributed by atoms with Crippen LogP contribution in [-0.2, 0) is 14.8 Å². The molecule has 1 rings (SSSR count). The Morgan fingerprint density at radius 2 is 2.11 bits per heavy atom. The van der Waals surface area contributed by atoms with Gasteiger partial charge in [-0.1, -0.05) is 22.0 Å². The summed E-state index contributed by atoms with van der Waals surface area (Å²) in [5.41, 5.74) is 0.518. The van der Waals surface area contributed by atoms with E-state index in [1.54, 1.807) is 6.92 Å². The van der Waals surface area contributed by atoms with Gasteiger partial charge in [-0.15, -0.1) is 0 Å². The molecule has 0 heterocycles. The van der Waals surface area contributed by atoms with E-state index in [2.05, 4.69) is 20.7 Å². The third-order valence-corrected chi connectivity index (χ3v) is 4.35. The molecule has 1 aromatic carbocycles. The molecule has 1 N–H and O–H groups in total. The zero-order valence-corrected chi connectivity index (χ0v) is 13.1. The van der Waals surface area contributed by atoms with Gasteiger partial charge in [0.1, 0.15) is 5.82 Å². The summed E-state index contributed by atoms with van der Waals surface area (Å²) in [5, 5.41) is 0.751. The van der Waals surface area contributed by atoms with Crippen LogP contribution in [0.25, 0.3) is 0 Å². The molecule has 0 bridgehead atoms. The van der Waals surface area contributed by atoms with E-state index in [1.165, 1.54) is 12.1 Å². The summed E-state index contributed by atoms with van der Waals surface area (Å²) in [6.45, 7) is 2.97. The van der Waals surface area contributed by atoms with Gasteiger partial charge >= 0.3 is 0 Å². The van der Waals surface area contributed by atoms with E-state index in [1.807, 2.05) is 0 Å². The van der Waals surface area contributed by atoms with Crippen molar-refractivity contribution in [1.82, 2.24) is 4.72 Å². The van der Waals surface area contributed by atoms with Gasteiger partial charge < -0.3 is 4.74 Å². The fourth-order valence-electron chi connectivity index (χ4n) is 1.48. The van der Waals surface area contributed by atoms with Gasteiger partial charge in [-0.25, -0.2) is 17.5 Å². The Morgan fingerprint density at radius 3 is 2.79 bits per heavy atom. The van der Waals surface area contributed by atoms with Crippen LogP contribution in [0.15, 0.2) is 23.1 Å². The van der Waals surface area contributed by atoms with Crippen molar-refractivity contribution >= 4 is 26.0 Å². The van der Waals surface area contributed by atoms with Crippen LogP contribution < -0.4 is 4.72 Å².